The number of halogens is 2. The number of hydrogen-bond donors (Lipinski definition) is 0. The van der Waals surface area contributed by atoms with Crippen LogP contribution < -0.4 is 0 Å². The van der Waals surface area contributed by atoms with Crippen molar-refractivity contribution >= 4 is 27.0 Å². The van der Waals surface area contributed by atoms with Crippen molar-refractivity contribution in [3.8, 4) is 11.5 Å². The van der Waals surface area contributed by atoms with Crippen molar-refractivity contribution in [2.24, 2.45) is 0 Å². The molecule has 3 aromatic heterocycles. The lowest BCUT2D eigenvalue weighted by Crippen LogP contribution is -2.09. The Labute approximate surface area is 152 Å². The summed E-state index contributed by atoms with van der Waals surface area (Å²) in [5, 5.41) is 0. The van der Waals surface area contributed by atoms with Gasteiger partial charge in [-0.15, -0.1) is 0 Å². The zero-order valence-corrected chi connectivity index (χ0v) is 15.1. The Bertz CT molecular complexity index is 1050. The molecule has 0 aliphatic carbocycles. The molecule has 4 aromatic rings. The lowest BCUT2D eigenvalue weighted by atomic mass is 10.3. The van der Waals surface area contributed by atoms with Crippen molar-refractivity contribution in [3.05, 3.63) is 65.0 Å². The Morgan fingerprint density at radius 3 is 2.84 bits per heavy atom. The molecule has 4 rings (SSSR count). The molecule has 3 heterocycles. The Kier molecular flexibility index (Phi) is 4.09. The molecule has 126 valence electrons. The van der Waals surface area contributed by atoms with E-state index < -0.39 is 0 Å². The first-order valence-electron chi connectivity index (χ1n) is 7.94. The highest BCUT2D eigenvalue weighted by atomic mass is 79.9. The van der Waals surface area contributed by atoms with Crippen molar-refractivity contribution in [1.29, 1.82) is 0 Å². The van der Waals surface area contributed by atoms with Crippen molar-refractivity contribution in [2.75, 3.05) is 0 Å². The van der Waals surface area contributed by atoms with Crippen LogP contribution >= 0.6 is 15.9 Å². The van der Waals surface area contributed by atoms with Crippen LogP contribution in [0.5, 0.6) is 0 Å². The van der Waals surface area contributed by atoms with Gasteiger partial charge in [0.1, 0.15) is 11.5 Å². The quantitative estimate of drug-likeness (QED) is 0.514. The third-order valence-electron chi connectivity index (χ3n) is 4.10. The minimum Gasteiger partial charge on any atom is -0.327 e. The number of hydrogen-bond acceptors (Lipinski definition) is 3. The van der Waals surface area contributed by atoms with Gasteiger partial charge in [0.15, 0.2) is 11.6 Å². The summed E-state index contributed by atoms with van der Waals surface area (Å²) in [7, 11) is 0. The highest BCUT2D eigenvalue weighted by Crippen LogP contribution is 2.23. The Balaban J connectivity index is 1.78. The number of nitrogens with zero attached hydrogens (tertiary/aromatic N) is 5. The van der Waals surface area contributed by atoms with Gasteiger partial charge in [0.05, 0.1) is 17.6 Å². The number of rotatable bonds is 4. The van der Waals surface area contributed by atoms with Crippen LogP contribution in [0, 0.1) is 5.82 Å². The molecule has 0 atom stereocenters. The van der Waals surface area contributed by atoms with Crippen molar-refractivity contribution in [3.63, 3.8) is 0 Å². The fourth-order valence-electron chi connectivity index (χ4n) is 2.98. The highest BCUT2D eigenvalue weighted by molar-refractivity contribution is 9.10. The van der Waals surface area contributed by atoms with Crippen LogP contribution in [0.25, 0.3) is 22.6 Å². The first-order valence-corrected chi connectivity index (χ1v) is 8.73. The first kappa shape index (κ1) is 16.0. The average Bonchev–Trinajstić information content (AvgIpc) is 3.19. The van der Waals surface area contributed by atoms with E-state index in [-0.39, 0.29) is 11.5 Å². The van der Waals surface area contributed by atoms with Gasteiger partial charge in [-0.1, -0.05) is 15.9 Å². The zero-order chi connectivity index (χ0) is 17.4. The fraction of sp³-hybridized carbons (Fsp3) is 0.167. The summed E-state index contributed by atoms with van der Waals surface area (Å²) in [6, 6.07) is 9.01. The van der Waals surface area contributed by atoms with E-state index in [9.17, 15) is 4.39 Å². The van der Waals surface area contributed by atoms with Gasteiger partial charge >= 0.3 is 0 Å². The second-order valence-corrected chi connectivity index (χ2v) is 6.53. The van der Waals surface area contributed by atoms with Crippen molar-refractivity contribution in [2.45, 2.75) is 20.0 Å². The molecule has 0 spiro atoms. The van der Waals surface area contributed by atoms with Gasteiger partial charge < -0.3 is 9.13 Å². The molecule has 1 aromatic carbocycles. The number of fused-ring (bicyclic) bond motifs is 1. The van der Waals surface area contributed by atoms with E-state index in [2.05, 4.69) is 37.4 Å². The van der Waals surface area contributed by atoms with E-state index in [1.165, 1.54) is 6.07 Å². The van der Waals surface area contributed by atoms with Gasteiger partial charge in [0.2, 0.25) is 0 Å². The Morgan fingerprint density at radius 1 is 1.16 bits per heavy atom. The van der Waals surface area contributed by atoms with E-state index in [0.29, 0.717) is 12.4 Å². The van der Waals surface area contributed by atoms with E-state index in [1.807, 2.05) is 29.0 Å². The lowest BCUT2D eigenvalue weighted by Gasteiger charge is -2.10. The second kappa shape index (κ2) is 6.40. The summed E-state index contributed by atoms with van der Waals surface area (Å²) in [5.74, 6) is 1.00. The van der Waals surface area contributed by atoms with Crippen LogP contribution in [0.1, 0.15) is 12.7 Å². The van der Waals surface area contributed by atoms with E-state index >= 15 is 0 Å². The van der Waals surface area contributed by atoms with E-state index in [4.69, 9.17) is 4.98 Å². The molecule has 0 saturated carbocycles. The predicted molar refractivity (Wildman–Crippen MR) is 97.6 cm³/mol. The smallest absolute Gasteiger partial charge is 0.162 e. The molecular formula is C18H15BrFN5. The number of imidazole rings is 2. The standard InChI is InChI=1S/C18H15BrFN5/c1-2-25-15-6-5-12(19)10-14(15)23-16(25)11-24-9-8-22-18(24)17-13(20)4-3-7-21-17/h3-10H,2,11H2,1H3. The number of pyridine rings is 1. The third kappa shape index (κ3) is 2.84. The minimum absolute atomic E-state index is 0.245. The Morgan fingerprint density at radius 2 is 2.04 bits per heavy atom. The maximum Gasteiger partial charge on any atom is 0.162 e. The molecular weight excluding hydrogens is 385 g/mol. The van der Waals surface area contributed by atoms with Gasteiger partial charge in [-0.25, -0.2) is 19.3 Å². The van der Waals surface area contributed by atoms with Gasteiger partial charge in [-0.05, 0) is 37.3 Å². The molecule has 0 aliphatic rings. The van der Waals surface area contributed by atoms with Crippen molar-refractivity contribution in [1.82, 2.24) is 24.1 Å². The number of aryl methyl sites for hydroxylation is 1. The maximum atomic E-state index is 14.1. The topological polar surface area (TPSA) is 48.5 Å². The van der Waals surface area contributed by atoms with Gasteiger partial charge in [0, 0.05) is 29.6 Å². The normalized spacial score (nSPS) is 11.3. The molecule has 0 aliphatic heterocycles. The molecule has 5 nitrogen and oxygen atoms in total. The molecule has 7 heteroatoms. The summed E-state index contributed by atoms with van der Waals surface area (Å²) >= 11 is 3.48. The molecule has 0 radical (unpaired) electrons. The lowest BCUT2D eigenvalue weighted by molar-refractivity contribution is 0.618. The van der Waals surface area contributed by atoms with Gasteiger partial charge in [0.25, 0.3) is 0 Å². The third-order valence-corrected chi connectivity index (χ3v) is 4.60. The predicted octanol–water partition coefficient (Wildman–Crippen LogP) is 4.26. The molecule has 0 amide bonds. The highest BCUT2D eigenvalue weighted by Gasteiger charge is 2.15. The van der Waals surface area contributed by atoms with Crippen LogP contribution in [0.3, 0.4) is 0 Å². The van der Waals surface area contributed by atoms with Gasteiger partial charge in [-0.3, -0.25) is 0 Å². The minimum atomic E-state index is -0.386. The van der Waals surface area contributed by atoms with Crippen molar-refractivity contribution < 1.29 is 4.39 Å². The molecule has 25 heavy (non-hydrogen) atoms. The Hall–Kier alpha value is -2.54. The number of aromatic nitrogens is 5. The van der Waals surface area contributed by atoms with Crippen LogP contribution in [0.2, 0.25) is 0 Å². The molecule has 0 saturated heterocycles. The summed E-state index contributed by atoms with van der Waals surface area (Å²) in [6.07, 6.45) is 5.04. The summed E-state index contributed by atoms with van der Waals surface area (Å²) in [6.45, 7) is 3.38. The maximum absolute atomic E-state index is 14.1. The van der Waals surface area contributed by atoms with Crippen LogP contribution in [-0.4, -0.2) is 24.1 Å². The largest absolute Gasteiger partial charge is 0.327 e. The van der Waals surface area contributed by atoms with Crippen LogP contribution in [0.4, 0.5) is 4.39 Å². The summed E-state index contributed by atoms with van der Waals surface area (Å²) < 4.78 is 19.1. The second-order valence-electron chi connectivity index (χ2n) is 5.62. The van der Waals surface area contributed by atoms with E-state index in [1.54, 1.807) is 18.5 Å². The summed E-state index contributed by atoms with van der Waals surface area (Å²) in [4.78, 5) is 13.2. The average molecular weight is 400 g/mol. The van der Waals surface area contributed by atoms with Crippen LogP contribution in [-0.2, 0) is 13.1 Å². The molecule has 0 bridgehead atoms. The number of benzene rings is 1. The molecule has 0 fully saturated rings. The molecule has 0 unspecified atom stereocenters. The fourth-order valence-corrected chi connectivity index (χ4v) is 3.33. The monoisotopic (exact) mass is 399 g/mol. The first-order chi connectivity index (χ1) is 12.2. The molecule has 0 N–H and O–H groups in total. The zero-order valence-electron chi connectivity index (χ0n) is 13.5. The van der Waals surface area contributed by atoms with Crippen LogP contribution in [0.15, 0.2) is 53.4 Å². The van der Waals surface area contributed by atoms with Gasteiger partial charge in [-0.2, -0.15) is 0 Å². The van der Waals surface area contributed by atoms with E-state index in [0.717, 1.165) is 27.9 Å². The SMILES string of the molecule is CCn1c(Cn2ccnc2-c2ncccc2F)nc2cc(Br)ccc21. The summed E-state index contributed by atoms with van der Waals surface area (Å²) in [5.41, 5.74) is 2.25.